The number of carbonyl (C=O) groups is 1. The Morgan fingerprint density at radius 3 is 2.96 bits per heavy atom. The molecule has 0 aromatic carbocycles. The first-order chi connectivity index (χ1) is 12.6. The highest BCUT2D eigenvalue weighted by atomic mass is 16.1. The maximum Gasteiger partial charge on any atom is 0.253 e. The summed E-state index contributed by atoms with van der Waals surface area (Å²) in [5, 5.41) is 3.10. The second-order valence-corrected chi connectivity index (χ2v) is 6.86. The van der Waals surface area contributed by atoms with E-state index in [2.05, 4.69) is 38.3 Å². The molecule has 2 atom stereocenters. The summed E-state index contributed by atoms with van der Waals surface area (Å²) in [6, 6.07) is 6.07. The molecule has 134 valence electrons. The summed E-state index contributed by atoms with van der Waals surface area (Å²) in [5.41, 5.74) is 3.12. The predicted molar refractivity (Wildman–Crippen MR) is 98.6 cm³/mol. The van der Waals surface area contributed by atoms with Gasteiger partial charge in [0.05, 0.1) is 11.9 Å². The number of aryl methyl sites for hydroxylation is 1. The van der Waals surface area contributed by atoms with Gasteiger partial charge in [0.2, 0.25) is 0 Å². The molecule has 26 heavy (non-hydrogen) atoms. The van der Waals surface area contributed by atoms with Crippen LogP contribution in [0.1, 0.15) is 28.4 Å². The SMILES string of the molecule is CN1CC[C@@H](CNC(=O)c2ccnc3c2ncn3C)[C@@H]1c1cccnc1. The van der Waals surface area contributed by atoms with Crippen LogP contribution in [-0.4, -0.2) is 50.5 Å². The van der Waals surface area contributed by atoms with Crippen molar-refractivity contribution in [2.24, 2.45) is 13.0 Å². The van der Waals surface area contributed by atoms with E-state index in [1.807, 2.05) is 23.9 Å². The van der Waals surface area contributed by atoms with Crippen LogP contribution in [0, 0.1) is 5.92 Å². The Labute approximate surface area is 152 Å². The smallest absolute Gasteiger partial charge is 0.253 e. The van der Waals surface area contributed by atoms with Crippen molar-refractivity contribution in [3.63, 3.8) is 0 Å². The molecular formula is C19H22N6O. The van der Waals surface area contributed by atoms with E-state index >= 15 is 0 Å². The van der Waals surface area contributed by atoms with Crippen molar-refractivity contribution in [3.05, 3.63) is 54.2 Å². The van der Waals surface area contributed by atoms with Gasteiger partial charge in [0.25, 0.3) is 5.91 Å². The third-order valence-electron chi connectivity index (χ3n) is 5.17. The summed E-state index contributed by atoms with van der Waals surface area (Å²) in [7, 11) is 4.00. The van der Waals surface area contributed by atoms with E-state index in [0.29, 0.717) is 29.2 Å². The summed E-state index contributed by atoms with van der Waals surface area (Å²) < 4.78 is 1.82. The Morgan fingerprint density at radius 2 is 2.15 bits per heavy atom. The van der Waals surface area contributed by atoms with Crippen LogP contribution in [0.4, 0.5) is 0 Å². The number of aromatic nitrogens is 4. The van der Waals surface area contributed by atoms with E-state index in [0.717, 1.165) is 13.0 Å². The zero-order chi connectivity index (χ0) is 18.1. The van der Waals surface area contributed by atoms with Gasteiger partial charge in [-0.2, -0.15) is 0 Å². The van der Waals surface area contributed by atoms with Crippen molar-refractivity contribution in [2.45, 2.75) is 12.5 Å². The number of hydrogen-bond donors (Lipinski definition) is 1. The van der Waals surface area contributed by atoms with Gasteiger partial charge in [-0.3, -0.25) is 14.7 Å². The molecule has 7 heteroatoms. The number of carbonyl (C=O) groups excluding carboxylic acids is 1. The zero-order valence-electron chi connectivity index (χ0n) is 15.0. The van der Waals surface area contributed by atoms with Crippen LogP contribution in [-0.2, 0) is 7.05 Å². The van der Waals surface area contributed by atoms with Crippen molar-refractivity contribution in [1.82, 2.24) is 29.7 Å². The van der Waals surface area contributed by atoms with Gasteiger partial charge in [-0.1, -0.05) is 6.07 Å². The Morgan fingerprint density at radius 1 is 1.27 bits per heavy atom. The number of fused-ring (bicyclic) bond motifs is 1. The van der Waals surface area contributed by atoms with Gasteiger partial charge in [0.1, 0.15) is 5.52 Å². The highest BCUT2D eigenvalue weighted by Gasteiger charge is 2.33. The number of nitrogens with one attached hydrogen (secondary N) is 1. The Hall–Kier alpha value is -2.80. The number of hydrogen-bond acceptors (Lipinski definition) is 5. The Balaban J connectivity index is 1.50. The average molecular weight is 350 g/mol. The van der Waals surface area contributed by atoms with Crippen LogP contribution in [0.5, 0.6) is 0 Å². The van der Waals surface area contributed by atoms with Crippen molar-refractivity contribution >= 4 is 17.1 Å². The number of imidazole rings is 1. The third-order valence-corrected chi connectivity index (χ3v) is 5.17. The highest BCUT2D eigenvalue weighted by molar-refractivity contribution is 6.03. The van der Waals surface area contributed by atoms with Crippen LogP contribution in [0.15, 0.2) is 43.1 Å². The molecule has 3 aromatic rings. The number of amides is 1. The van der Waals surface area contributed by atoms with Crippen LogP contribution < -0.4 is 5.32 Å². The first kappa shape index (κ1) is 16.7. The molecule has 4 rings (SSSR count). The fourth-order valence-electron chi connectivity index (χ4n) is 3.85. The van der Waals surface area contributed by atoms with Gasteiger partial charge in [-0.05, 0) is 43.6 Å². The molecule has 1 amide bonds. The molecule has 3 aromatic heterocycles. The number of nitrogens with zero attached hydrogens (tertiary/aromatic N) is 5. The maximum absolute atomic E-state index is 12.7. The predicted octanol–water partition coefficient (Wildman–Crippen LogP) is 1.79. The van der Waals surface area contributed by atoms with Crippen LogP contribution >= 0.6 is 0 Å². The largest absolute Gasteiger partial charge is 0.352 e. The molecule has 0 unspecified atom stereocenters. The van der Waals surface area contributed by atoms with Crippen LogP contribution in [0.2, 0.25) is 0 Å². The molecular weight excluding hydrogens is 328 g/mol. The second-order valence-electron chi connectivity index (χ2n) is 6.86. The van der Waals surface area contributed by atoms with Gasteiger partial charge >= 0.3 is 0 Å². The molecule has 0 aliphatic carbocycles. The quantitative estimate of drug-likeness (QED) is 0.776. The van der Waals surface area contributed by atoms with E-state index in [9.17, 15) is 4.79 Å². The monoisotopic (exact) mass is 350 g/mol. The number of pyridine rings is 2. The summed E-state index contributed by atoms with van der Waals surface area (Å²) in [5.74, 6) is 0.254. The van der Waals surface area contributed by atoms with E-state index in [-0.39, 0.29) is 11.9 Å². The lowest BCUT2D eigenvalue weighted by molar-refractivity contribution is 0.0945. The minimum atomic E-state index is -0.101. The minimum Gasteiger partial charge on any atom is -0.352 e. The number of rotatable bonds is 4. The molecule has 1 N–H and O–H groups in total. The van der Waals surface area contributed by atoms with E-state index in [1.165, 1.54) is 5.56 Å². The Bertz CT molecular complexity index is 922. The molecule has 7 nitrogen and oxygen atoms in total. The highest BCUT2D eigenvalue weighted by Crippen LogP contribution is 2.35. The van der Waals surface area contributed by atoms with Crippen LogP contribution in [0.25, 0.3) is 11.2 Å². The first-order valence-corrected chi connectivity index (χ1v) is 8.79. The lowest BCUT2D eigenvalue weighted by Gasteiger charge is -2.25. The normalized spacial score (nSPS) is 20.5. The van der Waals surface area contributed by atoms with E-state index < -0.39 is 0 Å². The van der Waals surface area contributed by atoms with E-state index in [1.54, 1.807) is 24.8 Å². The molecule has 4 heterocycles. The molecule has 1 aliphatic rings. The topological polar surface area (TPSA) is 75.9 Å². The number of likely N-dealkylation sites (tertiary alicyclic amines) is 1. The standard InChI is InChI=1S/C19H22N6O/c1-24-9-6-14(17(24)13-4-3-7-20-10-13)11-22-19(26)15-5-8-21-18-16(15)23-12-25(18)2/h3-5,7-8,10,12,14,17H,6,9,11H2,1-2H3,(H,22,26)/t14-,17-/m0/s1. The third kappa shape index (κ3) is 2.94. The van der Waals surface area contributed by atoms with Gasteiger partial charge in [0.15, 0.2) is 5.65 Å². The van der Waals surface area contributed by atoms with E-state index in [4.69, 9.17) is 0 Å². The van der Waals surface area contributed by atoms with Crippen molar-refractivity contribution < 1.29 is 4.79 Å². The Kier molecular flexibility index (Phi) is 4.38. The molecule has 0 saturated carbocycles. The lowest BCUT2D eigenvalue weighted by atomic mass is 9.94. The second kappa shape index (κ2) is 6.84. The minimum absolute atomic E-state index is 0.101. The van der Waals surface area contributed by atoms with Crippen LogP contribution in [0.3, 0.4) is 0 Å². The summed E-state index contributed by atoms with van der Waals surface area (Å²) >= 11 is 0. The molecule has 1 saturated heterocycles. The van der Waals surface area contributed by atoms with Gasteiger partial charge in [-0.25, -0.2) is 9.97 Å². The summed E-state index contributed by atoms with van der Waals surface area (Å²) in [6.07, 6.45) is 8.09. The molecule has 1 fully saturated rings. The van der Waals surface area contributed by atoms with Crippen molar-refractivity contribution in [2.75, 3.05) is 20.1 Å². The fourth-order valence-corrected chi connectivity index (χ4v) is 3.85. The van der Waals surface area contributed by atoms with Gasteiger partial charge < -0.3 is 9.88 Å². The fraction of sp³-hybridized carbons (Fsp3) is 0.368. The first-order valence-electron chi connectivity index (χ1n) is 8.79. The lowest BCUT2D eigenvalue weighted by Crippen LogP contribution is -2.32. The van der Waals surface area contributed by atoms with Gasteiger partial charge in [0, 0.05) is 38.2 Å². The molecule has 0 spiro atoms. The van der Waals surface area contributed by atoms with Crippen molar-refractivity contribution in [1.29, 1.82) is 0 Å². The molecule has 0 radical (unpaired) electrons. The summed E-state index contributed by atoms with van der Waals surface area (Å²) in [4.78, 5) is 27.9. The van der Waals surface area contributed by atoms with Gasteiger partial charge in [-0.15, -0.1) is 0 Å². The molecule has 0 bridgehead atoms. The average Bonchev–Trinajstić information content (AvgIpc) is 3.23. The molecule has 1 aliphatic heterocycles. The maximum atomic E-state index is 12.7. The van der Waals surface area contributed by atoms with Crippen molar-refractivity contribution in [3.8, 4) is 0 Å². The zero-order valence-corrected chi connectivity index (χ0v) is 15.0. The summed E-state index contributed by atoms with van der Waals surface area (Å²) in [6.45, 7) is 1.64.